The SMILES string of the molecule is COc1cc(OC)cc([C@H]2CN(C(C)(C)C)C[C@@H]2C(=O)O)c1. The quantitative estimate of drug-likeness (QED) is 0.926. The van der Waals surface area contributed by atoms with Gasteiger partial charge in [-0.1, -0.05) is 0 Å². The molecule has 122 valence electrons. The first-order chi connectivity index (χ1) is 10.3. The van der Waals surface area contributed by atoms with Gasteiger partial charge in [0.1, 0.15) is 11.5 Å². The van der Waals surface area contributed by atoms with E-state index in [-0.39, 0.29) is 11.5 Å². The first-order valence-electron chi connectivity index (χ1n) is 7.47. The average Bonchev–Trinajstić information content (AvgIpc) is 2.92. The number of methoxy groups -OCH3 is 2. The summed E-state index contributed by atoms with van der Waals surface area (Å²) in [6.45, 7) is 7.61. The molecule has 2 atom stereocenters. The predicted molar refractivity (Wildman–Crippen MR) is 84.7 cm³/mol. The van der Waals surface area contributed by atoms with Gasteiger partial charge in [0.2, 0.25) is 0 Å². The summed E-state index contributed by atoms with van der Waals surface area (Å²) in [4.78, 5) is 13.9. The van der Waals surface area contributed by atoms with Crippen molar-refractivity contribution in [2.45, 2.75) is 32.2 Å². The molecule has 2 rings (SSSR count). The minimum Gasteiger partial charge on any atom is -0.497 e. The van der Waals surface area contributed by atoms with Gasteiger partial charge in [0.25, 0.3) is 0 Å². The fraction of sp³-hybridized carbons (Fsp3) is 0.588. The van der Waals surface area contributed by atoms with Crippen LogP contribution in [-0.2, 0) is 4.79 Å². The van der Waals surface area contributed by atoms with E-state index in [1.165, 1.54) is 0 Å². The second-order valence-electron chi connectivity index (χ2n) is 6.77. The molecule has 0 aliphatic carbocycles. The van der Waals surface area contributed by atoms with Crippen molar-refractivity contribution in [3.8, 4) is 11.5 Å². The van der Waals surface area contributed by atoms with Crippen molar-refractivity contribution in [1.82, 2.24) is 4.90 Å². The van der Waals surface area contributed by atoms with E-state index in [1.54, 1.807) is 20.3 Å². The normalized spacial score (nSPS) is 22.6. The molecule has 1 aromatic rings. The van der Waals surface area contributed by atoms with Gasteiger partial charge in [0.15, 0.2) is 0 Å². The number of carboxylic acids is 1. The number of aliphatic carboxylic acids is 1. The molecular weight excluding hydrogens is 282 g/mol. The molecule has 0 spiro atoms. The predicted octanol–water partition coefficient (Wildman–Crippen LogP) is 2.60. The number of benzene rings is 1. The fourth-order valence-corrected chi connectivity index (χ4v) is 2.98. The van der Waals surface area contributed by atoms with Crippen LogP contribution in [0.1, 0.15) is 32.3 Å². The largest absolute Gasteiger partial charge is 0.497 e. The van der Waals surface area contributed by atoms with Gasteiger partial charge in [-0.05, 0) is 38.5 Å². The van der Waals surface area contributed by atoms with E-state index >= 15 is 0 Å². The molecule has 1 saturated heterocycles. The summed E-state index contributed by atoms with van der Waals surface area (Å²) in [6.07, 6.45) is 0. The van der Waals surface area contributed by atoms with Crippen LogP contribution in [0, 0.1) is 5.92 Å². The van der Waals surface area contributed by atoms with E-state index in [0.717, 1.165) is 12.1 Å². The molecule has 5 heteroatoms. The summed E-state index contributed by atoms with van der Waals surface area (Å²) in [7, 11) is 3.20. The van der Waals surface area contributed by atoms with E-state index in [1.807, 2.05) is 12.1 Å². The lowest BCUT2D eigenvalue weighted by Crippen LogP contribution is -2.40. The number of rotatable bonds is 4. The van der Waals surface area contributed by atoms with Crippen molar-refractivity contribution < 1.29 is 19.4 Å². The lowest BCUT2D eigenvalue weighted by molar-refractivity contribution is -0.141. The second-order valence-corrected chi connectivity index (χ2v) is 6.77. The molecule has 1 N–H and O–H groups in total. The Morgan fingerprint density at radius 1 is 1.14 bits per heavy atom. The first-order valence-corrected chi connectivity index (χ1v) is 7.47. The van der Waals surface area contributed by atoms with Gasteiger partial charge in [0, 0.05) is 30.6 Å². The summed E-state index contributed by atoms with van der Waals surface area (Å²) in [5.74, 6) is 0.135. The summed E-state index contributed by atoms with van der Waals surface area (Å²) in [5.41, 5.74) is 0.904. The van der Waals surface area contributed by atoms with Crippen molar-refractivity contribution in [2.24, 2.45) is 5.92 Å². The van der Waals surface area contributed by atoms with E-state index in [4.69, 9.17) is 9.47 Å². The summed E-state index contributed by atoms with van der Waals surface area (Å²) in [5, 5.41) is 9.59. The highest BCUT2D eigenvalue weighted by Gasteiger charge is 2.42. The molecule has 0 bridgehead atoms. The third kappa shape index (κ3) is 3.35. The third-order valence-corrected chi connectivity index (χ3v) is 4.39. The molecular formula is C17H25NO4. The average molecular weight is 307 g/mol. The standard InChI is InChI=1S/C17H25NO4/c1-17(2,3)18-9-14(15(10-18)16(19)20)11-6-12(21-4)8-13(7-11)22-5/h6-8,14-15H,9-10H2,1-5H3,(H,19,20)/t14-,15+/m1/s1. The molecule has 22 heavy (non-hydrogen) atoms. The molecule has 0 unspecified atom stereocenters. The summed E-state index contributed by atoms with van der Waals surface area (Å²) >= 11 is 0. The monoisotopic (exact) mass is 307 g/mol. The molecule has 1 heterocycles. The number of hydrogen-bond acceptors (Lipinski definition) is 4. The zero-order chi connectivity index (χ0) is 16.5. The Morgan fingerprint density at radius 2 is 1.68 bits per heavy atom. The molecule has 0 amide bonds. The van der Waals surface area contributed by atoms with Gasteiger partial charge in [-0.3, -0.25) is 9.69 Å². The Labute approximate surface area is 131 Å². The Kier molecular flexibility index (Phi) is 4.66. The van der Waals surface area contributed by atoms with Crippen molar-refractivity contribution in [2.75, 3.05) is 27.3 Å². The molecule has 5 nitrogen and oxygen atoms in total. The van der Waals surface area contributed by atoms with Gasteiger partial charge in [0.05, 0.1) is 20.1 Å². The number of carboxylic acid groups (broad SMARTS) is 1. The Hall–Kier alpha value is -1.75. The zero-order valence-corrected chi connectivity index (χ0v) is 13.9. The Morgan fingerprint density at radius 3 is 2.09 bits per heavy atom. The zero-order valence-electron chi connectivity index (χ0n) is 13.9. The summed E-state index contributed by atoms with van der Waals surface area (Å²) < 4.78 is 10.6. The maximum absolute atomic E-state index is 11.7. The summed E-state index contributed by atoms with van der Waals surface area (Å²) in [6, 6.07) is 5.63. The lowest BCUT2D eigenvalue weighted by atomic mass is 9.89. The number of nitrogens with zero attached hydrogens (tertiary/aromatic N) is 1. The highest BCUT2D eigenvalue weighted by molar-refractivity contribution is 5.72. The van der Waals surface area contributed by atoms with Crippen LogP contribution in [0.25, 0.3) is 0 Å². The van der Waals surface area contributed by atoms with E-state index in [9.17, 15) is 9.90 Å². The minimum atomic E-state index is -0.751. The van der Waals surface area contributed by atoms with Crippen LogP contribution >= 0.6 is 0 Å². The van der Waals surface area contributed by atoms with Crippen LogP contribution in [0.2, 0.25) is 0 Å². The van der Waals surface area contributed by atoms with Crippen LogP contribution in [0.15, 0.2) is 18.2 Å². The molecule has 1 fully saturated rings. The van der Waals surface area contributed by atoms with Crippen LogP contribution in [0.3, 0.4) is 0 Å². The molecule has 0 aromatic heterocycles. The van der Waals surface area contributed by atoms with Crippen LogP contribution < -0.4 is 9.47 Å². The van der Waals surface area contributed by atoms with Crippen molar-refractivity contribution in [3.63, 3.8) is 0 Å². The molecule has 1 aliphatic heterocycles. The van der Waals surface area contributed by atoms with E-state index < -0.39 is 11.9 Å². The maximum Gasteiger partial charge on any atom is 0.308 e. The number of likely N-dealkylation sites (tertiary alicyclic amines) is 1. The van der Waals surface area contributed by atoms with Crippen molar-refractivity contribution >= 4 is 5.97 Å². The number of hydrogen-bond donors (Lipinski definition) is 1. The lowest BCUT2D eigenvalue weighted by Gasteiger charge is -2.31. The topological polar surface area (TPSA) is 59.0 Å². The molecule has 0 radical (unpaired) electrons. The van der Waals surface area contributed by atoms with Crippen LogP contribution in [-0.4, -0.2) is 48.8 Å². The van der Waals surface area contributed by atoms with Crippen LogP contribution in [0.5, 0.6) is 11.5 Å². The van der Waals surface area contributed by atoms with Crippen LogP contribution in [0.4, 0.5) is 0 Å². The van der Waals surface area contributed by atoms with Crippen molar-refractivity contribution in [3.05, 3.63) is 23.8 Å². The molecule has 1 aromatic carbocycles. The van der Waals surface area contributed by atoms with E-state index in [2.05, 4.69) is 25.7 Å². The van der Waals surface area contributed by atoms with E-state index in [0.29, 0.717) is 18.0 Å². The highest BCUT2D eigenvalue weighted by atomic mass is 16.5. The second kappa shape index (κ2) is 6.16. The number of ether oxygens (including phenoxy) is 2. The highest BCUT2D eigenvalue weighted by Crippen LogP contribution is 2.39. The maximum atomic E-state index is 11.7. The third-order valence-electron chi connectivity index (χ3n) is 4.39. The van der Waals surface area contributed by atoms with Gasteiger partial charge in [-0.25, -0.2) is 0 Å². The van der Waals surface area contributed by atoms with Gasteiger partial charge < -0.3 is 14.6 Å². The number of carbonyl (C=O) groups is 1. The first kappa shape index (κ1) is 16.6. The molecule has 1 aliphatic rings. The minimum absolute atomic E-state index is 0.0502. The Bertz CT molecular complexity index is 528. The fourth-order valence-electron chi connectivity index (χ4n) is 2.98. The smallest absolute Gasteiger partial charge is 0.308 e. The van der Waals surface area contributed by atoms with Crippen molar-refractivity contribution in [1.29, 1.82) is 0 Å². The van der Waals surface area contributed by atoms with Gasteiger partial charge >= 0.3 is 5.97 Å². The Balaban J connectivity index is 2.38. The van der Waals surface area contributed by atoms with Gasteiger partial charge in [-0.15, -0.1) is 0 Å². The van der Waals surface area contributed by atoms with Gasteiger partial charge in [-0.2, -0.15) is 0 Å². The molecule has 0 saturated carbocycles.